The number of thioether (sulfide) groups is 1. The minimum Gasteiger partial charge on any atom is -0.354 e. The third-order valence-corrected chi connectivity index (χ3v) is 3.34. The number of benzene rings is 1. The van der Waals surface area contributed by atoms with Gasteiger partial charge in [-0.3, -0.25) is 10.1 Å². The van der Waals surface area contributed by atoms with Gasteiger partial charge in [0.15, 0.2) is 12.0 Å². The number of nitrogens with zero attached hydrogens (tertiary/aromatic N) is 1. The summed E-state index contributed by atoms with van der Waals surface area (Å²) < 4.78 is 36.7. The van der Waals surface area contributed by atoms with Gasteiger partial charge in [-0.2, -0.15) is 13.2 Å². The second kappa shape index (κ2) is 5.97. The fraction of sp³-hybridized carbons (Fsp3) is 0.385. The Labute approximate surface area is 124 Å². The van der Waals surface area contributed by atoms with Gasteiger partial charge in [-0.15, -0.1) is 0 Å². The van der Waals surface area contributed by atoms with E-state index >= 15 is 0 Å². The largest absolute Gasteiger partial charge is 0.446 e. The number of rotatable bonds is 3. The smallest absolute Gasteiger partial charge is 0.354 e. The van der Waals surface area contributed by atoms with Gasteiger partial charge in [-0.1, -0.05) is 12.1 Å². The second-order valence-electron chi connectivity index (χ2n) is 4.79. The Bertz CT molecular complexity index is 555. The molecular formula is C13H14F3N3OS. The van der Waals surface area contributed by atoms with Gasteiger partial charge >= 0.3 is 5.51 Å². The van der Waals surface area contributed by atoms with Crippen LogP contribution < -0.4 is 10.6 Å². The van der Waals surface area contributed by atoms with Gasteiger partial charge in [0.25, 0.3) is 5.91 Å². The molecule has 21 heavy (non-hydrogen) atoms. The lowest BCUT2D eigenvalue weighted by Gasteiger charge is -2.08. The Kier molecular flexibility index (Phi) is 4.46. The number of carbonyl (C=O) groups excluding carboxylic acids is 1. The fourth-order valence-corrected chi connectivity index (χ4v) is 2.37. The summed E-state index contributed by atoms with van der Waals surface area (Å²) in [5.41, 5.74) is -3.77. The van der Waals surface area contributed by atoms with E-state index < -0.39 is 11.6 Å². The van der Waals surface area contributed by atoms with E-state index in [2.05, 4.69) is 15.6 Å². The van der Waals surface area contributed by atoms with Crippen LogP contribution in [0, 0.1) is 0 Å². The van der Waals surface area contributed by atoms with E-state index in [4.69, 9.17) is 0 Å². The summed E-state index contributed by atoms with van der Waals surface area (Å²) in [5, 5.41) is 5.58. The molecule has 0 radical (unpaired) electrons. The van der Waals surface area contributed by atoms with Crippen LogP contribution in [-0.4, -0.2) is 23.4 Å². The van der Waals surface area contributed by atoms with Crippen molar-refractivity contribution in [2.75, 3.05) is 0 Å². The third kappa shape index (κ3) is 4.38. The Morgan fingerprint density at radius 2 is 1.90 bits per heavy atom. The topological polar surface area (TPSA) is 53.5 Å². The molecule has 0 aromatic heterocycles. The molecule has 1 aromatic carbocycles. The number of aliphatic imine (C=N–C) groups is 1. The van der Waals surface area contributed by atoms with E-state index in [0.29, 0.717) is 11.5 Å². The molecular weight excluding hydrogens is 303 g/mol. The minimum atomic E-state index is -4.32. The number of hydrogen-bond donors (Lipinski definition) is 2. The quantitative estimate of drug-likeness (QED) is 0.843. The van der Waals surface area contributed by atoms with E-state index in [-0.39, 0.29) is 28.6 Å². The van der Waals surface area contributed by atoms with Crippen LogP contribution in [0.3, 0.4) is 0 Å². The molecule has 0 saturated carbocycles. The van der Waals surface area contributed by atoms with Crippen LogP contribution in [0.1, 0.15) is 25.5 Å². The molecule has 1 heterocycles. The van der Waals surface area contributed by atoms with Crippen LogP contribution in [0.2, 0.25) is 0 Å². The van der Waals surface area contributed by atoms with Crippen molar-refractivity contribution >= 4 is 23.6 Å². The van der Waals surface area contributed by atoms with Crippen molar-refractivity contribution in [3.8, 4) is 0 Å². The van der Waals surface area contributed by atoms with Crippen molar-refractivity contribution in [2.45, 2.75) is 36.3 Å². The third-order valence-electron chi connectivity index (χ3n) is 2.60. The zero-order chi connectivity index (χ0) is 15.6. The molecule has 114 valence electrons. The van der Waals surface area contributed by atoms with E-state index in [9.17, 15) is 18.0 Å². The molecule has 0 bridgehead atoms. The highest BCUT2D eigenvalue weighted by Crippen LogP contribution is 2.37. The lowest BCUT2D eigenvalue weighted by atomic mass is 10.1. The average molecular weight is 317 g/mol. The van der Waals surface area contributed by atoms with Crippen molar-refractivity contribution in [3.05, 3.63) is 29.8 Å². The first-order valence-corrected chi connectivity index (χ1v) is 7.07. The Balaban J connectivity index is 2.11. The molecule has 1 aliphatic heterocycles. The van der Waals surface area contributed by atoms with Crippen LogP contribution in [-0.2, 0) is 4.79 Å². The zero-order valence-electron chi connectivity index (χ0n) is 11.4. The van der Waals surface area contributed by atoms with Crippen molar-refractivity contribution < 1.29 is 18.0 Å². The molecule has 8 heteroatoms. The minimum absolute atomic E-state index is 0.0779. The summed E-state index contributed by atoms with van der Waals surface area (Å²) in [7, 11) is 0. The van der Waals surface area contributed by atoms with Crippen LogP contribution in [0.15, 0.2) is 34.2 Å². The van der Waals surface area contributed by atoms with Crippen LogP contribution in [0.4, 0.5) is 13.2 Å². The standard InChI is InChI=1S/C13H14F3N3OS/c1-7(2)17-12-18-10(11(20)19-12)8-3-5-9(6-4-8)21-13(14,15)16/h3-7,10H,1-2H3,(H2,17,18,19,20). The highest BCUT2D eigenvalue weighted by atomic mass is 32.2. The number of hydrogen-bond acceptors (Lipinski definition) is 4. The van der Waals surface area contributed by atoms with Crippen molar-refractivity contribution in [1.82, 2.24) is 10.6 Å². The summed E-state index contributed by atoms with van der Waals surface area (Å²) in [6.07, 6.45) is 0. The number of amides is 1. The number of alkyl halides is 3. The monoisotopic (exact) mass is 317 g/mol. The first-order chi connectivity index (χ1) is 9.74. The highest BCUT2D eigenvalue weighted by molar-refractivity contribution is 8.00. The second-order valence-corrected chi connectivity index (χ2v) is 5.92. The van der Waals surface area contributed by atoms with Gasteiger partial charge in [0.05, 0.1) is 0 Å². The molecule has 1 aromatic rings. The van der Waals surface area contributed by atoms with Gasteiger partial charge in [0.1, 0.15) is 0 Å². The Hall–Kier alpha value is -1.70. The maximum atomic E-state index is 12.2. The van der Waals surface area contributed by atoms with Crippen LogP contribution in [0.25, 0.3) is 0 Å². The van der Waals surface area contributed by atoms with E-state index in [1.54, 1.807) is 0 Å². The number of halogens is 3. The van der Waals surface area contributed by atoms with Gasteiger partial charge < -0.3 is 5.32 Å². The SMILES string of the molecule is CC(C)NC1=NC(c2ccc(SC(F)(F)F)cc2)C(=O)N1. The van der Waals surface area contributed by atoms with Gasteiger partial charge in [-0.25, -0.2) is 4.99 Å². The van der Waals surface area contributed by atoms with E-state index in [0.717, 1.165) is 0 Å². The number of carbonyl (C=O) groups is 1. The number of guanidine groups is 1. The fourth-order valence-electron chi connectivity index (χ4n) is 1.83. The maximum Gasteiger partial charge on any atom is 0.446 e. The van der Waals surface area contributed by atoms with Gasteiger partial charge in [0, 0.05) is 10.9 Å². The molecule has 1 unspecified atom stereocenters. The molecule has 1 amide bonds. The van der Waals surface area contributed by atoms with Crippen LogP contribution in [0.5, 0.6) is 0 Å². The molecule has 2 rings (SSSR count). The van der Waals surface area contributed by atoms with E-state index in [1.165, 1.54) is 24.3 Å². The van der Waals surface area contributed by atoms with E-state index in [1.807, 2.05) is 13.8 Å². The highest BCUT2D eigenvalue weighted by Gasteiger charge is 2.30. The normalized spacial score (nSPS) is 18.7. The van der Waals surface area contributed by atoms with Crippen LogP contribution >= 0.6 is 11.8 Å². The summed E-state index contributed by atoms with van der Waals surface area (Å²) in [4.78, 5) is 16.1. The molecule has 4 nitrogen and oxygen atoms in total. The molecule has 1 aliphatic rings. The molecule has 0 saturated heterocycles. The van der Waals surface area contributed by atoms with Crippen molar-refractivity contribution in [1.29, 1.82) is 0 Å². The van der Waals surface area contributed by atoms with Crippen molar-refractivity contribution in [3.63, 3.8) is 0 Å². The average Bonchev–Trinajstić information content (AvgIpc) is 2.68. The molecule has 0 spiro atoms. The zero-order valence-corrected chi connectivity index (χ0v) is 12.2. The first-order valence-electron chi connectivity index (χ1n) is 6.25. The van der Waals surface area contributed by atoms with Gasteiger partial charge in [-0.05, 0) is 43.3 Å². The molecule has 0 fully saturated rings. The first kappa shape index (κ1) is 15.7. The van der Waals surface area contributed by atoms with Crippen molar-refractivity contribution in [2.24, 2.45) is 4.99 Å². The predicted molar refractivity (Wildman–Crippen MR) is 74.9 cm³/mol. The predicted octanol–water partition coefficient (Wildman–Crippen LogP) is 2.82. The summed E-state index contributed by atoms with van der Waals surface area (Å²) in [6.45, 7) is 3.82. The molecule has 2 N–H and O–H groups in total. The van der Waals surface area contributed by atoms with Gasteiger partial charge in [0.2, 0.25) is 0 Å². The maximum absolute atomic E-state index is 12.2. The lowest BCUT2D eigenvalue weighted by Crippen LogP contribution is -2.40. The summed E-state index contributed by atoms with van der Waals surface area (Å²) in [5.74, 6) is 0.0862. The Morgan fingerprint density at radius 1 is 1.29 bits per heavy atom. The lowest BCUT2D eigenvalue weighted by molar-refractivity contribution is -0.120. The molecule has 1 atom stereocenters. The summed E-state index contributed by atoms with van der Waals surface area (Å²) in [6, 6.07) is 5.04. The molecule has 0 aliphatic carbocycles. The number of nitrogens with one attached hydrogen (secondary N) is 2. The summed E-state index contributed by atoms with van der Waals surface area (Å²) >= 11 is -0.187. The Morgan fingerprint density at radius 3 is 2.43 bits per heavy atom.